The van der Waals surface area contributed by atoms with Gasteiger partial charge in [-0.3, -0.25) is 0 Å². The van der Waals surface area contributed by atoms with Crippen molar-refractivity contribution in [1.29, 1.82) is 0 Å². The van der Waals surface area contributed by atoms with Crippen molar-refractivity contribution in [3.05, 3.63) is 164 Å². The van der Waals surface area contributed by atoms with Gasteiger partial charge in [0.05, 0.1) is 20.6 Å². The van der Waals surface area contributed by atoms with E-state index in [1.54, 1.807) is 28.8 Å². The molecule has 0 bridgehead atoms. The molecule has 7 aromatic carbocycles. The van der Waals surface area contributed by atoms with Crippen LogP contribution >= 0.6 is 0 Å². The van der Waals surface area contributed by atoms with Crippen molar-refractivity contribution in [3.8, 4) is 39.1 Å². The number of hydrogen-bond acceptors (Lipinski definition) is 1. The summed E-state index contributed by atoms with van der Waals surface area (Å²) in [5.41, 5.74) is 7.54. The lowest BCUT2D eigenvalue weighted by molar-refractivity contribution is 0.669. The molecular weight excluding hydrogens is 534 g/mol. The summed E-state index contributed by atoms with van der Waals surface area (Å²) in [4.78, 5) is 0. The van der Waals surface area contributed by atoms with Crippen LogP contribution in [0.25, 0.3) is 82.8 Å². The third-order valence-electron chi connectivity index (χ3n) is 8.27. The zero-order valence-electron chi connectivity index (χ0n) is 30.4. The Balaban J connectivity index is 1.17. The van der Waals surface area contributed by atoms with E-state index in [1.807, 2.05) is 54.6 Å². The summed E-state index contributed by atoms with van der Waals surface area (Å²) in [6, 6.07) is 37.3. The molecule has 44 heavy (non-hydrogen) atoms. The van der Waals surface area contributed by atoms with Crippen LogP contribution in [0.1, 0.15) is 9.60 Å². The van der Waals surface area contributed by atoms with Gasteiger partial charge in [0.2, 0.25) is 0 Å². The molecule has 2 nitrogen and oxygen atoms in total. The first-order valence-corrected chi connectivity index (χ1v) is 14.4. The number of benzene rings is 7. The fourth-order valence-corrected chi connectivity index (χ4v) is 6.09. The number of fused-ring (bicyclic) bond motifs is 6. The second-order valence-electron chi connectivity index (χ2n) is 10.8. The van der Waals surface area contributed by atoms with Crippen LogP contribution in [0.15, 0.2) is 168 Å². The van der Waals surface area contributed by atoms with Crippen molar-refractivity contribution in [1.82, 2.24) is 4.57 Å². The maximum Gasteiger partial charge on any atom is 0.135 e. The molecule has 0 aliphatic rings. The molecule has 0 saturated heterocycles. The lowest BCUT2D eigenvalue weighted by Crippen LogP contribution is -1.93. The van der Waals surface area contributed by atoms with E-state index < -0.39 is 12.1 Å². The van der Waals surface area contributed by atoms with Gasteiger partial charge in [-0.2, -0.15) is 0 Å². The van der Waals surface area contributed by atoms with Crippen molar-refractivity contribution >= 4 is 43.7 Å². The first-order valence-electron chi connectivity index (χ1n) is 17.9. The molecule has 2 heterocycles. The molecule has 0 radical (unpaired) electrons. The van der Waals surface area contributed by atoms with Crippen molar-refractivity contribution in [3.63, 3.8) is 0 Å². The van der Waals surface area contributed by atoms with Gasteiger partial charge in [-0.25, -0.2) is 0 Å². The predicted molar refractivity (Wildman–Crippen MR) is 184 cm³/mol. The van der Waals surface area contributed by atoms with E-state index >= 15 is 0 Å². The molecule has 0 atom stereocenters. The summed E-state index contributed by atoms with van der Waals surface area (Å²) in [5.74, 6) is 0. The Kier molecular flexibility index (Phi) is 4.17. The second-order valence-corrected chi connectivity index (χ2v) is 10.8. The van der Waals surface area contributed by atoms with Gasteiger partial charge in [0.1, 0.15) is 11.2 Å². The van der Waals surface area contributed by atoms with Gasteiger partial charge in [-0.15, -0.1) is 0 Å². The monoisotopic (exact) mass is 568 g/mol. The van der Waals surface area contributed by atoms with E-state index in [2.05, 4.69) is 42.5 Å². The Morgan fingerprint density at radius 2 is 1.05 bits per heavy atom. The SMILES string of the molecule is [2H]c1c([2H])c([2H])c2c(c1[2H])c1c([2H])c(-c3ccccc3)c([2H])c([2H])c1n2-c1ccc(-c2ccc(-c3ccc4oc5ccccc5c4c3)cc2)cc1. The normalized spacial score (nSPS) is 13.9. The van der Waals surface area contributed by atoms with Crippen LogP contribution in [0.4, 0.5) is 0 Å². The highest BCUT2D eigenvalue weighted by atomic mass is 16.3. The van der Waals surface area contributed by atoms with E-state index in [4.69, 9.17) is 11.3 Å². The van der Waals surface area contributed by atoms with E-state index in [0.29, 0.717) is 11.3 Å². The minimum absolute atomic E-state index is 0.0530. The molecule has 0 aliphatic carbocycles. The summed E-state index contributed by atoms with van der Waals surface area (Å²) in [6.07, 6.45) is 0. The first-order chi connectivity index (χ1) is 24.7. The number of rotatable bonds is 4. The quantitative estimate of drug-likeness (QED) is 0.206. The Morgan fingerprint density at radius 3 is 1.86 bits per heavy atom. The Labute approximate surface area is 264 Å². The Bertz CT molecular complexity index is 2860. The average Bonchev–Trinajstić information content (AvgIpc) is 3.73. The smallest absolute Gasteiger partial charge is 0.135 e. The minimum atomic E-state index is -0.412. The summed E-state index contributed by atoms with van der Waals surface area (Å²) >= 11 is 0. The molecule has 2 heteroatoms. The number of para-hydroxylation sites is 2. The lowest BCUT2D eigenvalue weighted by atomic mass is 9.99. The fraction of sp³-hybridized carbons (Fsp3) is 0. The van der Waals surface area contributed by atoms with Crippen molar-refractivity contribution in [2.75, 3.05) is 0 Å². The molecule has 0 spiro atoms. The molecule has 0 unspecified atom stereocenters. The van der Waals surface area contributed by atoms with Gasteiger partial charge in [0.15, 0.2) is 0 Å². The zero-order valence-corrected chi connectivity index (χ0v) is 23.4. The third-order valence-corrected chi connectivity index (χ3v) is 8.27. The van der Waals surface area contributed by atoms with Crippen LogP contribution in [0, 0.1) is 0 Å². The Hall–Kier alpha value is -5.86. The minimum Gasteiger partial charge on any atom is -0.456 e. The van der Waals surface area contributed by atoms with Gasteiger partial charge in [0.25, 0.3) is 0 Å². The first kappa shape index (κ1) is 18.6. The van der Waals surface area contributed by atoms with Crippen LogP contribution < -0.4 is 0 Å². The molecule has 0 amide bonds. The maximum atomic E-state index is 9.28. The van der Waals surface area contributed by atoms with E-state index in [-0.39, 0.29) is 57.6 Å². The second kappa shape index (κ2) is 9.86. The zero-order chi connectivity index (χ0) is 35.1. The number of aromatic nitrogens is 1. The summed E-state index contributed by atoms with van der Waals surface area (Å²) < 4.78 is 69.8. The molecule has 206 valence electrons. The van der Waals surface area contributed by atoms with Crippen LogP contribution in [0.3, 0.4) is 0 Å². The highest BCUT2D eigenvalue weighted by Gasteiger charge is 2.14. The average molecular weight is 569 g/mol. The molecule has 0 saturated carbocycles. The fourth-order valence-electron chi connectivity index (χ4n) is 6.09. The molecule has 0 aliphatic heterocycles. The largest absolute Gasteiger partial charge is 0.456 e. The number of hydrogen-bond donors (Lipinski definition) is 0. The molecular formula is C42H27NO. The third kappa shape index (κ3) is 3.96. The van der Waals surface area contributed by atoms with Crippen LogP contribution in [0.2, 0.25) is 0 Å². The topological polar surface area (TPSA) is 18.1 Å². The number of nitrogens with zero attached hydrogens (tertiary/aromatic N) is 1. The lowest BCUT2D eigenvalue weighted by Gasteiger charge is -2.10. The van der Waals surface area contributed by atoms with Crippen LogP contribution in [0.5, 0.6) is 0 Å². The number of furan rings is 1. The van der Waals surface area contributed by atoms with Gasteiger partial charge in [-0.1, -0.05) is 115 Å². The van der Waals surface area contributed by atoms with E-state index in [9.17, 15) is 2.74 Å². The molecule has 2 aromatic heterocycles. The summed E-state index contributed by atoms with van der Waals surface area (Å²) in [5, 5.41) is 2.53. The highest BCUT2D eigenvalue weighted by molar-refractivity contribution is 6.10. The predicted octanol–water partition coefficient (Wildman–Crippen LogP) is 11.7. The standard InChI is InChI=1S/C42H27NO/c1-2-8-28(9-3-1)32-20-24-40-37(26-32)35-10-4-6-12-39(35)43(40)34-22-18-30(19-23-34)29-14-16-31(17-15-29)33-21-25-42-38(27-33)36-11-5-7-13-41(36)44-42/h1-27H/i4D,6D,10D,12D,20D,24D,26D. The van der Waals surface area contributed by atoms with Gasteiger partial charge >= 0.3 is 0 Å². The van der Waals surface area contributed by atoms with Crippen LogP contribution in [-0.2, 0) is 0 Å². The van der Waals surface area contributed by atoms with Gasteiger partial charge < -0.3 is 8.98 Å². The molecule has 0 N–H and O–H groups in total. The van der Waals surface area contributed by atoms with Gasteiger partial charge in [-0.05, 0) is 81.8 Å². The summed E-state index contributed by atoms with van der Waals surface area (Å²) in [6.45, 7) is 0. The van der Waals surface area contributed by atoms with Crippen molar-refractivity contribution < 1.29 is 14.0 Å². The molecule has 9 aromatic rings. The van der Waals surface area contributed by atoms with E-state index in [1.165, 1.54) is 0 Å². The van der Waals surface area contributed by atoms with Gasteiger partial charge in [0, 0.05) is 27.2 Å². The van der Waals surface area contributed by atoms with Crippen molar-refractivity contribution in [2.45, 2.75) is 0 Å². The Morgan fingerprint density at radius 1 is 0.432 bits per heavy atom. The van der Waals surface area contributed by atoms with E-state index in [0.717, 1.165) is 44.2 Å². The highest BCUT2D eigenvalue weighted by Crippen LogP contribution is 2.36. The summed E-state index contributed by atoms with van der Waals surface area (Å²) in [7, 11) is 0. The van der Waals surface area contributed by atoms with Crippen molar-refractivity contribution in [2.24, 2.45) is 0 Å². The molecule has 9 rings (SSSR count). The maximum absolute atomic E-state index is 9.28. The molecule has 0 fully saturated rings. The van der Waals surface area contributed by atoms with Crippen LogP contribution in [-0.4, -0.2) is 4.57 Å².